The summed E-state index contributed by atoms with van der Waals surface area (Å²) in [7, 11) is 0. The fourth-order valence-corrected chi connectivity index (χ4v) is 1.85. The van der Waals surface area contributed by atoms with Crippen molar-refractivity contribution in [1.29, 1.82) is 0 Å². The molecule has 0 aliphatic heterocycles. The van der Waals surface area contributed by atoms with Gasteiger partial charge in [0.15, 0.2) is 11.6 Å². The van der Waals surface area contributed by atoms with Crippen LogP contribution in [-0.2, 0) is 14.3 Å². The molecule has 120 valence electrons. The predicted octanol–water partition coefficient (Wildman–Crippen LogP) is 2.45. The van der Waals surface area contributed by atoms with Crippen molar-refractivity contribution < 1.29 is 28.7 Å². The summed E-state index contributed by atoms with van der Waals surface area (Å²) in [6, 6.07) is 1.61. The molecular formula is C14H16FNO6. The van der Waals surface area contributed by atoms with Crippen molar-refractivity contribution in [3.8, 4) is 5.75 Å². The van der Waals surface area contributed by atoms with Crippen molar-refractivity contribution in [3.63, 3.8) is 0 Å². The molecule has 0 fully saturated rings. The molecule has 1 N–H and O–H groups in total. The summed E-state index contributed by atoms with van der Waals surface area (Å²) in [5, 5.41) is 20.4. The van der Waals surface area contributed by atoms with Gasteiger partial charge in [-0.3, -0.25) is 19.7 Å². The summed E-state index contributed by atoms with van der Waals surface area (Å²) < 4.78 is 19.1. The normalized spacial score (nSPS) is 12.6. The van der Waals surface area contributed by atoms with Crippen LogP contribution in [0, 0.1) is 15.9 Å². The lowest BCUT2D eigenvalue weighted by molar-refractivity contribution is -0.385. The maximum atomic E-state index is 14.1. The second-order valence-corrected chi connectivity index (χ2v) is 5.67. The monoisotopic (exact) mass is 313 g/mol. The first-order valence-electron chi connectivity index (χ1n) is 6.34. The van der Waals surface area contributed by atoms with Crippen molar-refractivity contribution in [2.75, 3.05) is 0 Å². The molecule has 7 nitrogen and oxygen atoms in total. The van der Waals surface area contributed by atoms with Gasteiger partial charge < -0.3 is 9.84 Å². The zero-order chi connectivity index (χ0) is 17.2. The van der Waals surface area contributed by atoms with Crippen LogP contribution in [0.4, 0.5) is 10.1 Å². The lowest BCUT2D eigenvalue weighted by Gasteiger charge is -2.23. The number of phenols is 1. The lowest BCUT2D eigenvalue weighted by atomic mass is 9.92. The lowest BCUT2D eigenvalue weighted by Crippen LogP contribution is -2.31. The number of hydrogen-bond donors (Lipinski definition) is 1. The van der Waals surface area contributed by atoms with Crippen LogP contribution in [0.25, 0.3) is 0 Å². The number of esters is 1. The van der Waals surface area contributed by atoms with Gasteiger partial charge in [-0.05, 0) is 33.8 Å². The molecule has 0 aromatic heterocycles. The third-order valence-corrected chi connectivity index (χ3v) is 2.67. The number of nitro benzene ring substituents is 1. The second-order valence-electron chi connectivity index (χ2n) is 5.67. The highest BCUT2D eigenvalue weighted by molar-refractivity contribution is 6.04. The highest BCUT2D eigenvalue weighted by Crippen LogP contribution is 2.35. The van der Waals surface area contributed by atoms with Gasteiger partial charge in [-0.2, -0.15) is 0 Å². The van der Waals surface area contributed by atoms with Gasteiger partial charge in [0.25, 0.3) is 5.69 Å². The Balaban J connectivity index is 3.51. The molecule has 0 heterocycles. The van der Waals surface area contributed by atoms with Gasteiger partial charge in [-0.25, -0.2) is 4.39 Å². The van der Waals surface area contributed by atoms with E-state index in [1.54, 1.807) is 0 Å². The SMILES string of the molecule is CC(=O)C(C(=O)OC(C)(C)C)c1c([N+](=O)[O-])ccc(O)c1F. The van der Waals surface area contributed by atoms with E-state index in [4.69, 9.17) is 4.74 Å². The molecule has 0 saturated heterocycles. The Kier molecular flexibility index (Phi) is 4.85. The zero-order valence-electron chi connectivity index (χ0n) is 12.5. The van der Waals surface area contributed by atoms with Crippen LogP contribution < -0.4 is 0 Å². The number of benzene rings is 1. The number of phenolic OH excluding ortho intramolecular Hbond substituents is 1. The summed E-state index contributed by atoms with van der Waals surface area (Å²) in [5.74, 6) is -6.06. The minimum Gasteiger partial charge on any atom is -0.505 e. The third-order valence-electron chi connectivity index (χ3n) is 2.67. The minimum absolute atomic E-state index is 0.777. The highest BCUT2D eigenvalue weighted by Gasteiger charge is 2.38. The van der Waals surface area contributed by atoms with Gasteiger partial charge in [0.2, 0.25) is 0 Å². The number of halogens is 1. The minimum atomic E-state index is -1.83. The Bertz CT molecular complexity index is 635. The van der Waals surface area contributed by atoms with Crippen LogP contribution in [0.3, 0.4) is 0 Å². The molecule has 0 spiro atoms. The van der Waals surface area contributed by atoms with Crippen LogP contribution in [0.15, 0.2) is 12.1 Å². The topological polar surface area (TPSA) is 107 Å². The number of carbonyl (C=O) groups is 2. The van der Waals surface area contributed by atoms with Crippen molar-refractivity contribution in [2.24, 2.45) is 0 Å². The number of nitro groups is 1. The molecule has 0 bridgehead atoms. The maximum Gasteiger partial charge on any atom is 0.321 e. The average Bonchev–Trinajstić information content (AvgIpc) is 2.31. The van der Waals surface area contributed by atoms with E-state index in [-0.39, 0.29) is 0 Å². The number of Topliss-reactive ketones (excluding diaryl/α,β-unsaturated/α-hetero) is 1. The molecule has 0 aliphatic carbocycles. The Morgan fingerprint density at radius 1 is 1.36 bits per heavy atom. The van der Waals surface area contributed by atoms with Crippen LogP contribution in [-0.4, -0.2) is 27.4 Å². The molecule has 22 heavy (non-hydrogen) atoms. The molecule has 1 aromatic carbocycles. The van der Waals surface area contributed by atoms with E-state index in [1.807, 2.05) is 0 Å². The smallest absolute Gasteiger partial charge is 0.321 e. The van der Waals surface area contributed by atoms with Crippen LogP contribution in [0.2, 0.25) is 0 Å². The molecule has 1 aromatic rings. The number of aromatic hydroxyl groups is 1. The van der Waals surface area contributed by atoms with Crippen molar-refractivity contribution in [1.82, 2.24) is 0 Å². The Hall–Kier alpha value is -2.51. The van der Waals surface area contributed by atoms with Crippen molar-refractivity contribution in [3.05, 3.63) is 33.6 Å². The first-order valence-corrected chi connectivity index (χ1v) is 6.34. The van der Waals surface area contributed by atoms with E-state index in [1.165, 1.54) is 20.8 Å². The number of hydrogen-bond acceptors (Lipinski definition) is 6. The summed E-state index contributed by atoms with van der Waals surface area (Å²) in [5.41, 5.74) is -2.54. The Labute approximate surface area is 125 Å². The van der Waals surface area contributed by atoms with Crippen molar-refractivity contribution in [2.45, 2.75) is 39.2 Å². The largest absolute Gasteiger partial charge is 0.505 e. The number of nitrogens with zero attached hydrogens (tertiary/aromatic N) is 1. The molecule has 1 unspecified atom stereocenters. The average molecular weight is 313 g/mol. The van der Waals surface area contributed by atoms with E-state index in [0.717, 1.165) is 19.1 Å². The highest BCUT2D eigenvalue weighted by atomic mass is 19.1. The van der Waals surface area contributed by atoms with E-state index < -0.39 is 51.0 Å². The molecular weight excluding hydrogens is 297 g/mol. The van der Waals surface area contributed by atoms with Crippen LogP contribution in [0.1, 0.15) is 39.2 Å². The van der Waals surface area contributed by atoms with Crippen LogP contribution in [0.5, 0.6) is 5.75 Å². The van der Waals surface area contributed by atoms with E-state index in [2.05, 4.69) is 0 Å². The number of ether oxygens (including phenoxy) is 1. The predicted molar refractivity (Wildman–Crippen MR) is 74.0 cm³/mol. The van der Waals surface area contributed by atoms with Gasteiger partial charge in [0.1, 0.15) is 17.3 Å². The zero-order valence-corrected chi connectivity index (χ0v) is 12.5. The third kappa shape index (κ3) is 3.78. The van der Waals surface area contributed by atoms with Crippen molar-refractivity contribution >= 4 is 17.4 Å². The standard InChI is InChI=1S/C14H16FNO6/c1-7(17)10(13(19)22-14(2,3)4)11-8(16(20)21)5-6-9(18)12(11)15/h5-6,10,18H,1-4H3. The molecule has 0 aliphatic rings. The van der Waals surface area contributed by atoms with Crippen LogP contribution >= 0.6 is 0 Å². The van der Waals surface area contributed by atoms with E-state index >= 15 is 0 Å². The van der Waals surface area contributed by atoms with Gasteiger partial charge in [0.05, 0.1) is 10.5 Å². The maximum absolute atomic E-state index is 14.1. The van der Waals surface area contributed by atoms with E-state index in [9.17, 15) is 29.2 Å². The second kappa shape index (κ2) is 6.08. The molecule has 1 rings (SSSR count). The van der Waals surface area contributed by atoms with Gasteiger partial charge >= 0.3 is 5.97 Å². The first-order chi connectivity index (χ1) is 9.95. The molecule has 0 saturated carbocycles. The van der Waals surface area contributed by atoms with Gasteiger partial charge in [0, 0.05) is 6.07 Å². The fourth-order valence-electron chi connectivity index (χ4n) is 1.85. The fraction of sp³-hybridized carbons (Fsp3) is 0.429. The van der Waals surface area contributed by atoms with Gasteiger partial charge in [-0.1, -0.05) is 0 Å². The quantitative estimate of drug-likeness (QED) is 0.396. The van der Waals surface area contributed by atoms with Gasteiger partial charge in [-0.15, -0.1) is 0 Å². The van der Waals surface area contributed by atoms with E-state index in [0.29, 0.717) is 0 Å². The first kappa shape index (κ1) is 17.5. The molecule has 0 radical (unpaired) electrons. The molecule has 1 atom stereocenters. The number of rotatable bonds is 4. The number of ketones is 1. The Morgan fingerprint density at radius 2 is 1.91 bits per heavy atom. The molecule has 8 heteroatoms. The molecule has 0 amide bonds. The number of carbonyl (C=O) groups excluding carboxylic acids is 2. The summed E-state index contributed by atoms with van der Waals surface area (Å²) in [6.45, 7) is 5.60. The summed E-state index contributed by atoms with van der Waals surface area (Å²) >= 11 is 0. The summed E-state index contributed by atoms with van der Waals surface area (Å²) in [6.07, 6.45) is 0. The Morgan fingerprint density at radius 3 is 2.32 bits per heavy atom. The summed E-state index contributed by atoms with van der Waals surface area (Å²) in [4.78, 5) is 33.9.